The molecule has 4 atom stereocenters. The van der Waals surface area contributed by atoms with E-state index in [2.05, 4.69) is 21.0 Å². The van der Waals surface area contributed by atoms with Gasteiger partial charge in [0.05, 0.1) is 24.7 Å². The third-order valence-electron chi connectivity index (χ3n) is 6.54. The van der Waals surface area contributed by atoms with Gasteiger partial charge in [-0.25, -0.2) is 4.39 Å². The topological polar surface area (TPSA) is 68.2 Å². The molecular weight excluding hydrogens is 527 g/mol. The third-order valence-corrected chi connectivity index (χ3v) is 7.99. The second-order valence-electron chi connectivity index (χ2n) is 8.47. The van der Waals surface area contributed by atoms with Gasteiger partial charge in [-0.15, -0.1) is 0 Å². The van der Waals surface area contributed by atoms with Crippen molar-refractivity contribution in [2.45, 2.75) is 20.0 Å². The van der Waals surface area contributed by atoms with Crippen molar-refractivity contribution in [1.82, 2.24) is 5.01 Å². The lowest BCUT2D eigenvalue weighted by molar-refractivity contribution is -0.140. The number of carbonyl (C=O) groups is 2. The lowest BCUT2D eigenvalue weighted by Gasteiger charge is -2.17. The zero-order chi connectivity index (χ0) is 24.0. The van der Waals surface area contributed by atoms with Gasteiger partial charge in [-0.05, 0) is 53.2 Å². The summed E-state index contributed by atoms with van der Waals surface area (Å²) in [4.78, 5) is 25.8. The SMILES string of the molecule is CCOc1cc(C=NN2C(=O)[C@@H]3[C@H](C2=O)[C@H]2C=C[C@H]3C2)c(Br)c(Cl)c1OCc1ccccc1F. The predicted octanol–water partition coefficient (Wildman–Crippen LogP) is 5.36. The number of fused-ring (bicyclic) bond motifs is 5. The first-order valence-electron chi connectivity index (χ1n) is 11.0. The smallest absolute Gasteiger partial charge is 0.254 e. The van der Waals surface area contributed by atoms with Crippen LogP contribution in [0, 0.1) is 29.5 Å². The molecule has 0 aromatic heterocycles. The van der Waals surface area contributed by atoms with Crippen LogP contribution in [0.25, 0.3) is 0 Å². The van der Waals surface area contributed by atoms with Crippen LogP contribution in [-0.2, 0) is 16.2 Å². The molecule has 2 aromatic rings. The summed E-state index contributed by atoms with van der Waals surface area (Å²) in [7, 11) is 0. The number of nitrogens with zero attached hydrogens (tertiary/aromatic N) is 2. The number of allylic oxidation sites excluding steroid dienone is 2. The summed E-state index contributed by atoms with van der Waals surface area (Å²) in [5, 5.41) is 5.41. The molecule has 176 valence electrons. The summed E-state index contributed by atoms with van der Waals surface area (Å²) >= 11 is 10.0. The van der Waals surface area contributed by atoms with E-state index in [1.807, 2.05) is 19.1 Å². The molecule has 2 aliphatic carbocycles. The molecule has 3 aliphatic rings. The van der Waals surface area contributed by atoms with Crippen LogP contribution in [0.5, 0.6) is 11.5 Å². The Balaban J connectivity index is 1.40. The van der Waals surface area contributed by atoms with E-state index in [1.165, 1.54) is 12.3 Å². The van der Waals surface area contributed by atoms with Gasteiger partial charge in [-0.3, -0.25) is 9.59 Å². The van der Waals surface area contributed by atoms with E-state index >= 15 is 0 Å². The van der Waals surface area contributed by atoms with Gasteiger partial charge in [-0.2, -0.15) is 10.1 Å². The fourth-order valence-electron chi connectivity index (χ4n) is 4.98. The normalized spacial score (nSPS) is 25.0. The van der Waals surface area contributed by atoms with E-state index in [4.69, 9.17) is 21.1 Å². The van der Waals surface area contributed by atoms with Crippen molar-refractivity contribution in [1.29, 1.82) is 0 Å². The standard InChI is InChI=1S/C25H21BrClFN2O4/c1-2-33-18-10-16(21(26)22(27)23(18)34-12-15-5-3-4-6-17(15)28)11-29-30-24(31)19-13-7-8-14(9-13)20(19)25(30)32/h3-8,10-11,13-14,19-20H,2,9,12H2,1H3/t13-,14-,19-,20+/m0/s1. The van der Waals surface area contributed by atoms with Crippen LogP contribution in [0.15, 0.2) is 52.1 Å². The van der Waals surface area contributed by atoms with Gasteiger partial charge in [0, 0.05) is 15.6 Å². The maximum absolute atomic E-state index is 14.0. The molecule has 0 unspecified atom stereocenters. The average molecular weight is 548 g/mol. The Morgan fingerprint density at radius 1 is 1.18 bits per heavy atom. The molecule has 5 rings (SSSR count). The fraction of sp³-hybridized carbons (Fsp3) is 0.320. The number of hydrogen-bond acceptors (Lipinski definition) is 5. The molecule has 1 aliphatic heterocycles. The van der Waals surface area contributed by atoms with Crippen LogP contribution in [0.2, 0.25) is 5.02 Å². The number of amides is 2. The van der Waals surface area contributed by atoms with E-state index in [1.54, 1.807) is 24.3 Å². The maximum atomic E-state index is 14.0. The first-order chi connectivity index (χ1) is 16.4. The molecular formula is C25H21BrClFN2O4. The predicted molar refractivity (Wildman–Crippen MR) is 128 cm³/mol. The Bertz CT molecular complexity index is 1200. The minimum atomic E-state index is -0.382. The van der Waals surface area contributed by atoms with Crippen molar-refractivity contribution in [2.75, 3.05) is 6.61 Å². The molecule has 34 heavy (non-hydrogen) atoms. The Morgan fingerprint density at radius 2 is 1.85 bits per heavy atom. The number of imide groups is 1. The highest BCUT2D eigenvalue weighted by Gasteiger charge is 2.59. The van der Waals surface area contributed by atoms with Crippen LogP contribution in [-0.4, -0.2) is 29.6 Å². The number of carbonyl (C=O) groups excluding carboxylic acids is 2. The molecule has 6 nitrogen and oxygen atoms in total. The van der Waals surface area contributed by atoms with Gasteiger partial charge in [0.15, 0.2) is 11.5 Å². The monoisotopic (exact) mass is 546 g/mol. The minimum absolute atomic E-state index is 0.0394. The number of hydrogen-bond donors (Lipinski definition) is 0. The Labute approximate surface area is 209 Å². The van der Waals surface area contributed by atoms with E-state index in [0.717, 1.165) is 11.4 Å². The van der Waals surface area contributed by atoms with Gasteiger partial charge in [0.1, 0.15) is 17.4 Å². The van der Waals surface area contributed by atoms with Crippen molar-refractivity contribution < 1.29 is 23.5 Å². The lowest BCUT2D eigenvalue weighted by Crippen LogP contribution is -2.28. The van der Waals surface area contributed by atoms with Gasteiger partial charge in [0.2, 0.25) is 0 Å². The molecule has 2 bridgehead atoms. The van der Waals surface area contributed by atoms with Gasteiger partial charge < -0.3 is 9.47 Å². The Kier molecular flexibility index (Phi) is 6.20. The van der Waals surface area contributed by atoms with Crippen LogP contribution in [0.4, 0.5) is 4.39 Å². The van der Waals surface area contributed by atoms with Crippen LogP contribution < -0.4 is 9.47 Å². The molecule has 1 saturated heterocycles. The molecule has 0 N–H and O–H groups in total. The Morgan fingerprint density at radius 3 is 2.50 bits per heavy atom. The highest BCUT2D eigenvalue weighted by atomic mass is 79.9. The van der Waals surface area contributed by atoms with Gasteiger partial charge >= 0.3 is 0 Å². The van der Waals surface area contributed by atoms with E-state index in [9.17, 15) is 14.0 Å². The first kappa shape index (κ1) is 23.1. The quantitative estimate of drug-likeness (QED) is 0.266. The van der Waals surface area contributed by atoms with Crippen molar-refractivity contribution >= 4 is 45.6 Å². The molecule has 0 spiro atoms. The van der Waals surface area contributed by atoms with Crippen molar-refractivity contribution in [2.24, 2.45) is 28.8 Å². The summed E-state index contributed by atoms with van der Waals surface area (Å²) in [6.45, 7) is 2.11. The first-order valence-corrected chi connectivity index (χ1v) is 12.2. The third kappa shape index (κ3) is 3.82. The summed E-state index contributed by atoms with van der Waals surface area (Å²) in [5.41, 5.74) is 0.883. The second kappa shape index (κ2) is 9.15. The van der Waals surface area contributed by atoms with Crippen molar-refractivity contribution in [3.8, 4) is 11.5 Å². The number of rotatable bonds is 7. The van der Waals surface area contributed by atoms with Gasteiger partial charge in [-0.1, -0.05) is 42.0 Å². The summed E-state index contributed by atoms with van der Waals surface area (Å²) in [6, 6.07) is 7.96. The number of hydrazone groups is 1. The summed E-state index contributed by atoms with van der Waals surface area (Å²) < 4.78 is 26.0. The van der Waals surface area contributed by atoms with Crippen molar-refractivity contribution in [3.05, 3.63) is 68.9 Å². The second-order valence-corrected chi connectivity index (χ2v) is 9.64. The fourth-order valence-corrected chi connectivity index (χ4v) is 5.64. The van der Waals surface area contributed by atoms with Crippen LogP contribution in [0.3, 0.4) is 0 Å². The molecule has 1 saturated carbocycles. The highest BCUT2D eigenvalue weighted by Crippen LogP contribution is 2.52. The average Bonchev–Trinajstić information content (AvgIpc) is 3.50. The van der Waals surface area contributed by atoms with Crippen LogP contribution in [0.1, 0.15) is 24.5 Å². The zero-order valence-electron chi connectivity index (χ0n) is 18.2. The summed E-state index contributed by atoms with van der Waals surface area (Å²) in [5.74, 6) is -0.729. The maximum Gasteiger partial charge on any atom is 0.254 e. The molecule has 2 aromatic carbocycles. The van der Waals surface area contributed by atoms with Crippen LogP contribution >= 0.6 is 27.5 Å². The van der Waals surface area contributed by atoms with E-state index in [-0.39, 0.29) is 58.7 Å². The molecule has 2 amide bonds. The zero-order valence-corrected chi connectivity index (χ0v) is 20.6. The molecule has 0 radical (unpaired) electrons. The Hall–Kier alpha value is -2.71. The molecule has 1 heterocycles. The lowest BCUT2D eigenvalue weighted by atomic mass is 9.85. The largest absolute Gasteiger partial charge is 0.490 e. The summed E-state index contributed by atoms with van der Waals surface area (Å²) in [6.07, 6.45) is 6.34. The van der Waals surface area contributed by atoms with Crippen molar-refractivity contribution in [3.63, 3.8) is 0 Å². The van der Waals surface area contributed by atoms with E-state index < -0.39 is 0 Å². The number of halogens is 3. The van der Waals surface area contributed by atoms with E-state index in [0.29, 0.717) is 28.0 Å². The van der Waals surface area contributed by atoms with Gasteiger partial charge in [0.25, 0.3) is 11.8 Å². The highest BCUT2D eigenvalue weighted by molar-refractivity contribution is 9.10. The minimum Gasteiger partial charge on any atom is -0.490 e. The molecule has 2 fully saturated rings. The molecule has 9 heteroatoms. The number of benzene rings is 2. The number of ether oxygens (including phenoxy) is 2.